The summed E-state index contributed by atoms with van der Waals surface area (Å²) in [5, 5.41) is 46.6. The molecule has 4 N–H and O–H groups in total. The molecule has 0 aromatic carbocycles. The number of epoxide rings is 1. The zero-order valence-corrected chi connectivity index (χ0v) is 17.9. The normalized spacial score (nSPS) is 61.9. The average molecular weight is 411 g/mol. The van der Waals surface area contributed by atoms with Gasteiger partial charge in [-0.1, -0.05) is 13.8 Å². The van der Waals surface area contributed by atoms with Crippen molar-refractivity contribution in [2.75, 3.05) is 0 Å². The van der Waals surface area contributed by atoms with Gasteiger partial charge in [0, 0.05) is 29.6 Å². The van der Waals surface area contributed by atoms with Gasteiger partial charge in [0.15, 0.2) is 0 Å². The van der Waals surface area contributed by atoms with E-state index in [1.54, 1.807) is 13.8 Å². The highest BCUT2D eigenvalue weighted by Gasteiger charge is 2.83. The minimum absolute atomic E-state index is 0.205. The van der Waals surface area contributed by atoms with Crippen LogP contribution in [0.25, 0.3) is 0 Å². The number of hydrogen-bond donors (Lipinski definition) is 4. The quantitative estimate of drug-likeness (QED) is 0.372. The van der Waals surface area contributed by atoms with Crippen LogP contribution in [0, 0.1) is 28.6 Å². The van der Waals surface area contributed by atoms with Gasteiger partial charge in [0.25, 0.3) is 0 Å². The van der Waals surface area contributed by atoms with E-state index < -0.39 is 51.7 Å². The van der Waals surface area contributed by atoms with Crippen LogP contribution in [0.1, 0.15) is 60.3 Å². The highest BCUT2D eigenvalue weighted by Crippen LogP contribution is 2.73. The number of ether oxygens (including phenoxy) is 2. The Morgan fingerprint density at radius 2 is 1.76 bits per heavy atom. The predicted molar refractivity (Wildman–Crippen MR) is 102 cm³/mol. The molecular weight excluding hydrogens is 376 g/mol. The van der Waals surface area contributed by atoms with Crippen LogP contribution in [0.2, 0.25) is 0 Å². The monoisotopic (exact) mass is 410 g/mol. The molecule has 2 bridgehead atoms. The van der Waals surface area contributed by atoms with Crippen LogP contribution in [0.3, 0.4) is 0 Å². The molecular formula is C22H34O7. The highest BCUT2D eigenvalue weighted by atomic mass is 16.6. The van der Waals surface area contributed by atoms with Crippen molar-refractivity contribution in [3.05, 3.63) is 0 Å². The lowest BCUT2D eigenvalue weighted by Crippen LogP contribution is -2.63. The van der Waals surface area contributed by atoms with Gasteiger partial charge in [0.1, 0.15) is 11.7 Å². The van der Waals surface area contributed by atoms with E-state index in [9.17, 15) is 25.2 Å². The molecule has 29 heavy (non-hydrogen) atoms. The maximum Gasteiger partial charge on any atom is 0.303 e. The zero-order valence-electron chi connectivity index (χ0n) is 17.9. The Morgan fingerprint density at radius 1 is 1.10 bits per heavy atom. The fourth-order valence-corrected chi connectivity index (χ4v) is 8.56. The second-order valence-corrected chi connectivity index (χ2v) is 11.5. The standard InChI is InChI=1S/C22H34O7/c1-10(23)28-13-8-21-9-19(4,25)11(16(21)24)6-7-12(21)20(5,26)15-14-17(29-14)18(2,3)22(13,15)27/h11-17,24-27H,6-9H2,1-5H3/t11-,12+,13-,14+,15+,16-,17+,19+,20+,21-,22+/m0/s1. The number of aliphatic hydroxyl groups is 4. The van der Waals surface area contributed by atoms with Crippen molar-refractivity contribution in [3.63, 3.8) is 0 Å². The van der Waals surface area contributed by atoms with E-state index in [2.05, 4.69) is 0 Å². The molecule has 5 aliphatic rings. The molecule has 1 aliphatic heterocycles. The van der Waals surface area contributed by atoms with Gasteiger partial charge in [-0.05, 0) is 45.4 Å². The maximum atomic E-state index is 12.2. The van der Waals surface area contributed by atoms with Crippen molar-refractivity contribution in [2.45, 2.75) is 102 Å². The minimum Gasteiger partial charge on any atom is -0.459 e. The van der Waals surface area contributed by atoms with Crippen LogP contribution in [-0.4, -0.2) is 67.6 Å². The molecule has 164 valence electrons. The number of esters is 1. The van der Waals surface area contributed by atoms with Gasteiger partial charge in [-0.15, -0.1) is 0 Å². The van der Waals surface area contributed by atoms with Gasteiger partial charge < -0.3 is 29.9 Å². The summed E-state index contributed by atoms with van der Waals surface area (Å²) in [5.74, 6) is -1.78. The van der Waals surface area contributed by atoms with E-state index in [4.69, 9.17) is 9.47 Å². The first-order chi connectivity index (χ1) is 13.2. The van der Waals surface area contributed by atoms with E-state index >= 15 is 0 Å². The van der Waals surface area contributed by atoms with E-state index in [-0.39, 0.29) is 30.5 Å². The van der Waals surface area contributed by atoms with Gasteiger partial charge in [0.05, 0.1) is 29.5 Å². The summed E-state index contributed by atoms with van der Waals surface area (Å²) in [5.41, 5.74) is -5.48. The third kappa shape index (κ3) is 2.14. The fourth-order valence-electron chi connectivity index (χ4n) is 8.56. The molecule has 4 saturated carbocycles. The molecule has 7 heteroatoms. The zero-order chi connectivity index (χ0) is 21.4. The Bertz CT molecular complexity index is 760. The Hall–Kier alpha value is -0.730. The Kier molecular flexibility index (Phi) is 3.73. The van der Waals surface area contributed by atoms with Crippen LogP contribution in [0.4, 0.5) is 0 Å². The second kappa shape index (κ2) is 5.36. The molecule has 7 nitrogen and oxygen atoms in total. The smallest absolute Gasteiger partial charge is 0.303 e. The topological polar surface area (TPSA) is 120 Å². The maximum absolute atomic E-state index is 12.2. The molecule has 1 heterocycles. The van der Waals surface area contributed by atoms with Gasteiger partial charge in [-0.2, -0.15) is 0 Å². The minimum atomic E-state index is -1.49. The number of carbonyl (C=O) groups excluding carboxylic acids is 1. The molecule has 0 aromatic heterocycles. The first kappa shape index (κ1) is 20.2. The molecule has 0 radical (unpaired) electrons. The molecule has 0 aromatic rings. The van der Waals surface area contributed by atoms with E-state index in [0.29, 0.717) is 19.3 Å². The Morgan fingerprint density at radius 3 is 2.38 bits per heavy atom. The van der Waals surface area contributed by atoms with Crippen LogP contribution >= 0.6 is 0 Å². The van der Waals surface area contributed by atoms with Crippen LogP contribution < -0.4 is 0 Å². The Labute approximate surface area is 171 Å². The van der Waals surface area contributed by atoms with Gasteiger partial charge in [-0.3, -0.25) is 4.79 Å². The summed E-state index contributed by atoms with van der Waals surface area (Å²) in [6.45, 7) is 8.62. The van der Waals surface area contributed by atoms with Crippen LogP contribution in [-0.2, 0) is 14.3 Å². The molecule has 5 fully saturated rings. The van der Waals surface area contributed by atoms with Crippen LogP contribution in [0.5, 0.6) is 0 Å². The highest BCUT2D eigenvalue weighted by molar-refractivity contribution is 5.66. The van der Waals surface area contributed by atoms with Crippen molar-refractivity contribution in [3.8, 4) is 0 Å². The largest absolute Gasteiger partial charge is 0.459 e. The molecule has 4 aliphatic carbocycles. The van der Waals surface area contributed by atoms with E-state index in [1.165, 1.54) is 6.92 Å². The third-order valence-corrected chi connectivity index (χ3v) is 9.69. The second-order valence-electron chi connectivity index (χ2n) is 11.5. The van der Waals surface area contributed by atoms with E-state index in [1.807, 2.05) is 13.8 Å². The molecule has 11 atom stereocenters. The number of hydrogen-bond acceptors (Lipinski definition) is 7. The predicted octanol–water partition coefficient (Wildman–Crippen LogP) is 0.755. The van der Waals surface area contributed by atoms with Crippen molar-refractivity contribution in [1.82, 2.24) is 0 Å². The fraction of sp³-hybridized carbons (Fsp3) is 0.955. The lowest BCUT2D eigenvalue weighted by atomic mass is 9.57. The van der Waals surface area contributed by atoms with Crippen molar-refractivity contribution in [2.24, 2.45) is 28.6 Å². The number of carbonyl (C=O) groups is 1. The van der Waals surface area contributed by atoms with Gasteiger partial charge in [-0.25, -0.2) is 0 Å². The van der Waals surface area contributed by atoms with Crippen molar-refractivity contribution >= 4 is 5.97 Å². The number of rotatable bonds is 1. The first-order valence-electron chi connectivity index (χ1n) is 10.9. The third-order valence-electron chi connectivity index (χ3n) is 9.69. The Balaban J connectivity index is 1.71. The summed E-state index contributed by atoms with van der Waals surface area (Å²) in [6.07, 6.45) is -0.461. The van der Waals surface area contributed by atoms with Crippen molar-refractivity contribution in [1.29, 1.82) is 0 Å². The van der Waals surface area contributed by atoms with Crippen molar-refractivity contribution < 1.29 is 34.7 Å². The van der Waals surface area contributed by atoms with Crippen LogP contribution in [0.15, 0.2) is 0 Å². The lowest BCUT2D eigenvalue weighted by Gasteiger charge is -2.51. The molecule has 0 amide bonds. The number of aliphatic hydroxyl groups excluding tert-OH is 1. The summed E-state index contributed by atoms with van der Waals surface area (Å²) < 4.78 is 11.6. The summed E-state index contributed by atoms with van der Waals surface area (Å²) >= 11 is 0. The SMILES string of the molecule is CC(=O)O[C@H]1C[C@]23C[C@@](C)(O)[C@@H](CC[C@@H]2[C@@](C)(O)[C@H]2[C@H]4O[C@H]4C(C)(C)[C@@]12O)[C@@H]3O. The molecule has 1 spiro atoms. The van der Waals surface area contributed by atoms with E-state index in [0.717, 1.165) is 0 Å². The summed E-state index contributed by atoms with van der Waals surface area (Å²) in [7, 11) is 0. The molecule has 0 unspecified atom stereocenters. The van der Waals surface area contributed by atoms with Gasteiger partial charge >= 0.3 is 5.97 Å². The lowest BCUT2D eigenvalue weighted by molar-refractivity contribution is -0.230. The number of fused-ring (bicyclic) bond motifs is 4. The van der Waals surface area contributed by atoms with Gasteiger partial charge in [0.2, 0.25) is 0 Å². The average Bonchev–Trinajstić information content (AvgIpc) is 3.29. The first-order valence-corrected chi connectivity index (χ1v) is 10.9. The summed E-state index contributed by atoms with van der Waals surface area (Å²) in [4.78, 5) is 12.1. The molecule has 5 rings (SSSR count). The summed E-state index contributed by atoms with van der Waals surface area (Å²) in [6, 6.07) is 0. The molecule has 1 saturated heterocycles.